The summed E-state index contributed by atoms with van der Waals surface area (Å²) < 4.78 is 0. The minimum atomic E-state index is -0.509. The van der Waals surface area contributed by atoms with Crippen molar-refractivity contribution in [3.05, 3.63) is 53.9 Å². The van der Waals surface area contributed by atoms with Crippen molar-refractivity contribution in [2.75, 3.05) is 6.54 Å². The van der Waals surface area contributed by atoms with E-state index in [1.54, 1.807) is 24.4 Å². The molecule has 1 saturated carbocycles. The molecule has 26 heavy (non-hydrogen) atoms. The molecule has 1 fully saturated rings. The zero-order chi connectivity index (χ0) is 18.7. The fourth-order valence-electron chi connectivity index (χ4n) is 3.64. The van der Waals surface area contributed by atoms with Gasteiger partial charge in [0, 0.05) is 30.1 Å². The standard InChI is InChI=1S/C21H25N3O2/c1-21(2)9-3-4-18(21)13-24-20(26)15-7-5-14(6-8-15)16-10-17(19(22)25)12-23-11-16/h5-8,10-12,18H,3-4,9,13H2,1-2H3,(H2,22,25)(H,24,26). The van der Waals surface area contributed by atoms with Gasteiger partial charge in [0.15, 0.2) is 0 Å². The van der Waals surface area contributed by atoms with Crippen LogP contribution in [0.3, 0.4) is 0 Å². The summed E-state index contributed by atoms with van der Waals surface area (Å²) in [7, 11) is 0. The Morgan fingerprint density at radius 3 is 2.50 bits per heavy atom. The number of hydrogen-bond acceptors (Lipinski definition) is 3. The highest BCUT2D eigenvalue weighted by atomic mass is 16.2. The number of primary amides is 1. The summed E-state index contributed by atoms with van der Waals surface area (Å²) in [5.74, 6) is -0.0261. The number of hydrogen-bond donors (Lipinski definition) is 2. The maximum absolute atomic E-state index is 12.4. The van der Waals surface area contributed by atoms with Gasteiger partial charge in [-0.25, -0.2) is 0 Å². The maximum atomic E-state index is 12.4. The molecule has 0 radical (unpaired) electrons. The van der Waals surface area contributed by atoms with E-state index < -0.39 is 5.91 Å². The van der Waals surface area contributed by atoms with E-state index >= 15 is 0 Å². The lowest BCUT2D eigenvalue weighted by Crippen LogP contribution is -2.33. The molecule has 3 N–H and O–H groups in total. The van der Waals surface area contributed by atoms with Crippen molar-refractivity contribution in [1.82, 2.24) is 10.3 Å². The predicted octanol–water partition coefficient (Wildman–Crippen LogP) is 3.40. The van der Waals surface area contributed by atoms with Crippen LogP contribution < -0.4 is 11.1 Å². The van der Waals surface area contributed by atoms with Crippen LogP contribution in [-0.2, 0) is 0 Å². The van der Waals surface area contributed by atoms with Gasteiger partial charge in [-0.05, 0) is 47.9 Å². The van der Waals surface area contributed by atoms with Crippen molar-refractivity contribution in [2.24, 2.45) is 17.1 Å². The fourth-order valence-corrected chi connectivity index (χ4v) is 3.64. The topological polar surface area (TPSA) is 85.1 Å². The largest absolute Gasteiger partial charge is 0.366 e. The zero-order valence-corrected chi connectivity index (χ0v) is 15.3. The minimum absolute atomic E-state index is 0.0525. The van der Waals surface area contributed by atoms with Gasteiger partial charge in [-0.1, -0.05) is 32.4 Å². The van der Waals surface area contributed by atoms with Crippen LogP contribution >= 0.6 is 0 Å². The first kappa shape index (κ1) is 18.1. The van der Waals surface area contributed by atoms with Crippen molar-refractivity contribution in [3.8, 4) is 11.1 Å². The quantitative estimate of drug-likeness (QED) is 0.866. The molecule has 1 atom stereocenters. The summed E-state index contributed by atoms with van der Waals surface area (Å²) in [5, 5.41) is 3.07. The second-order valence-electron chi connectivity index (χ2n) is 7.69. The summed E-state index contributed by atoms with van der Waals surface area (Å²) in [6, 6.07) is 9.00. The number of amides is 2. The van der Waals surface area contributed by atoms with Crippen LogP contribution in [0.4, 0.5) is 0 Å². The lowest BCUT2D eigenvalue weighted by Gasteiger charge is -2.27. The molecule has 136 valence electrons. The second kappa shape index (κ2) is 7.28. The van der Waals surface area contributed by atoms with E-state index in [2.05, 4.69) is 24.1 Å². The molecule has 0 saturated heterocycles. The van der Waals surface area contributed by atoms with Crippen molar-refractivity contribution in [3.63, 3.8) is 0 Å². The van der Waals surface area contributed by atoms with Gasteiger partial charge in [0.1, 0.15) is 0 Å². The summed E-state index contributed by atoms with van der Waals surface area (Å²) in [6.45, 7) is 5.28. The Kier molecular flexibility index (Phi) is 5.07. The average Bonchev–Trinajstić information content (AvgIpc) is 2.98. The predicted molar refractivity (Wildman–Crippen MR) is 102 cm³/mol. The Morgan fingerprint density at radius 2 is 1.88 bits per heavy atom. The highest BCUT2D eigenvalue weighted by Crippen LogP contribution is 2.42. The first-order valence-corrected chi connectivity index (χ1v) is 9.00. The number of nitrogens with zero attached hydrogens (tertiary/aromatic N) is 1. The second-order valence-corrected chi connectivity index (χ2v) is 7.69. The minimum Gasteiger partial charge on any atom is -0.366 e. The Bertz CT molecular complexity index is 812. The number of nitrogens with one attached hydrogen (secondary N) is 1. The molecule has 2 aromatic rings. The molecule has 5 heteroatoms. The average molecular weight is 351 g/mol. The van der Waals surface area contributed by atoms with Gasteiger partial charge >= 0.3 is 0 Å². The van der Waals surface area contributed by atoms with E-state index in [4.69, 9.17) is 5.73 Å². The van der Waals surface area contributed by atoms with Gasteiger partial charge in [0.05, 0.1) is 5.56 Å². The number of rotatable bonds is 5. The van der Waals surface area contributed by atoms with Gasteiger partial charge in [0.2, 0.25) is 5.91 Å². The number of pyridine rings is 1. The third-order valence-corrected chi connectivity index (χ3v) is 5.49. The van der Waals surface area contributed by atoms with Gasteiger partial charge in [-0.3, -0.25) is 14.6 Å². The van der Waals surface area contributed by atoms with Crippen molar-refractivity contribution in [1.29, 1.82) is 0 Å². The summed E-state index contributed by atoms with van der Waals surface area (Å²) in [5.41, 5.74) is 8.27. The van der Waals surface area contributed by atoms with E-state index in [1.807, 2.05) is 12.1 Å². The Labute approximate surface area is 154 Å². The first-order valence-electron chi connectivity index (χ1n) is 9.00. The first-order chi connectivity index (χ1) is 12.4. The molecular formula is C21H25N3O2. The third-order valence-electron chi connectivity index (χ3n) is 5.49. The lowest BCUT2D eigenvalue weighted by atomic mass is 9.82. The van der Waals surface area contributed by atoms with Crippen molar-refractivity contribution < 1.29 is 9.59 Å². The third kappa shape index (κ3) is 3.93. The zero-order valence-electron chi connectivity index (χ0n) is 15.3. The normalized spacial score (nSPS) is 18.5. The summed E-state index contributed by atoms with van der Waals surface area (Å²) in [6.07, 6.45) is 6.75. The van der Waals surface area contributed by atoms with E-state index in [9.17, 15) is 9.59 Å². The molecule has 1 unspecified atom stereocenters. The van der Waals surface area contributed by atoms with Crippen LogP contribution in [-0.4, -0.2) is 23.3 Å². The number of carbonyl (C=O) groups is 2. The molecule has 0 bridgehead atoms. The molecule has 2 amide bonds. The molecule has 1 aliphatic carbocycles. The lowest BCUT2D eigenvalue weighted by molar-refractivity contribution is 0.0936. The SMILES string of the molecule is CC1(C)CCCC1CNC(=O)c1ccc(-c2cncc(C(N)=O)c2)cc1. The van der Waals surface area contributed by atoms with E-state index in [0.717, 1.165) is 17.7 Å². The summed E-state index contributed by atoms with van der Waals surface area (Å²) in [4.78, 5) is 27.7. The van der Waals surface area contributed by atoms with E-state index in [0.29, 0.717) is 22.5 Å². The molecule has 1 aliphatic rings. The Morgan fingerprint density at radius 1 is 1.15 bits per heavy atom. The van der Waals surface area contributed by atoms with Crippen LogP contribution in [0, 0.1) is 11.3 Å². The molecule has 1 aromatic carbocycles. The maximum Gasteiger partial charge on any atom is 0.251 e. The van der Waals surface area contributed by atoms with Crippen LogP contribution in [0.25, 0.3) is 11.1 Å². The Balaban J connectivity index is 1.66. The molecular weight excluding hydrogens is 326 g/mol. The molecule has 1 heterocycles. The number of nitrogens with two attached hydrogens (primary N) is 1. The van der Waals surface area contributed by atoms with Gasteiger partial charge in [-0.15, -0.1) is 0 Å². The van der Waals surface area contributed by atoms with Crippen molar-refractivity contribution >= 4 is 11.8 Å². The molecule has 1 aromatic heterocycles. The molecule has 3 rings (SSSR count). The number of aromatic nitrogens is 1. The monoisotopic (exact) mass is 351 g/mol. The molecule has 5 nitrogen and oxygen atoms in total. The fraction of sp³-hybridized carbons (Fsp3) is 0.381. The highest BCUT2D eigenvalue weighted by molar-refractivity contribution is 5.95. The van der Waals surface area contributed by atoms with Crippen LogP contribution in [0.5, 0.6) is 0 Å². The molecule has 0 spiro atoms. The Hall–Kier alpha value is -2.69. The van der Waals surface area contributed by atoms with Crippen molar-refractivity contribution in [2.45, 2.75) is 33.1 Å². The van der Waals surface area contributed by atoms with Gasteiger partial charge in [-0.2, -0.15) is 0 Å². The van der Waals surface area contributed by atoms with Crippen LogP contribution in [0.2, 0.25) is 0 Å². The molecule has 0 aliphatic heterocycles. The smallest absolute Gasteiger partial charge is 0.251 e. The van der Waals surface area contributed by atoms with Crippen LogP contribution in [0.1, 0.15) is 53.8 Å². The highest BCUT2D eigenvalue weighted by Gasteiger charge is 2.34. The summed E-state index contributed by atoms with van der Waals surface area (Å²) >= 11 is 0. The van der Waals surface area contributed by atoms with E-state index in [-0.39, 0.29) is 5.91 Å². The number of carbonyl (C=O) groups excluding carboxylic acids is 2. The van der Waals surface area contributed by atoms with Gasteiger partial charge in [0.25, 0.3) is 5.91 Å². The van der Waals surface area contributed by atoms with Crippen LogP contribution in [0.15, 0.2) is 42.7 Å². The van der Waals surface area contributed by atoms with E-state index in [1.165, 1.54) is 25.5 Å². The van der Waals surface area contributed by atoms with Gasteiger partial charge < -0.3 is 11.1 Å². The number of benzene rings is 1.